The zero-order chi connectivity index (χ0) is 17.2. The Hall–Kier alpha value is -2.37. The molecule has 0 aliphatic rings. The van der Waals surface area contributed by atoms with E-state index >= 15 is 0 Å². The van der Waals surface area contributed by atoms with Crippen molar-refractivity contribution in [3.05, 3.63) is 24.3 Å². The summed E-state index contributed by atoms with van der Waals surface area (Å²) in [5.74, 6) is -0.288. The van der Waals surface area contributed by atoms with Crippen LogP contribution in [0, 0.1) is 0 Å². The van der Waals surface area contributed by atoms with Gasteiger partial charge in [-0.1, -0.05) is 13.3 Å². The number of anilines is 2. The number of nitrogens with zero attached hydrogens (tertiary/aromatic N) is 1. The number of unbranched alkanes of at least 4 members (excludes halogenated alkanes) is 1. The Kier molecular flexibility index (Phi) is 7.80. The van der Waals surface area contributed by atoms with Crippen LogP contribution in [0.3, 0.4) is 0 Å². The minimum atomic E-state index is -0.141. The second kappa shape index (κ2) is 9.61. The second-order valence-electron chi connectivity index (χ2n) is 5.42. The lowest BCUT2D eigenvalue weighted by Crippen LogP contribution is -2.32. The van der Waals surface area contributed by atoms with Crippen LogP contribution >= 0.6 is 0 Å². The maximum absolute atomic E-state index is 12.0. The Balaban J connectivity index is 2.46. The number of hydrogen-bond donors (Lipinski definition) is 2. The molecule has 0 heterocycles. The molecule has 0 saturated carbocycles. The third-order valence-corrected chi connectivity index (χ3v) is 3.32. The Morgan fingerprint density at radius 3 is 2.00 bits per heavy atom. The lowest BCUT2D eigenvalue weighted by Gasteiger charge is -2.20. The molecule has 0 fully saturated rings. The predicted octanol–water partition coefficient (Wildman–Crippen LogP) is 2.62. The third-order valence-electron chi connectivity index (χ3n) is 3.32. The zero-order valence-corrected chi connectivity index (χ0v) is 14.0. The fourth-order valence-corrected chi connectivity index (χ4v) is 2.08. The van der Waals surface area contributed by atoms with Gasteiger partial charge in [0.1, 0.15) is 0 Å². The van der Waals surface area contributed by atoms with Gasteiger partial charge in [0.25, 0.3) is 0 Å². The van der Waals surface area contributed by atoms with Gasteiger partial charge >= 0.3 is 0 Å². The van der Waals surface area contributed by atoms with Gasteiger partial charge in [0, 0.05) is 44.7 Å². The fourth-order valence-electron chi connectivity index (χ4n) is 2.08. The van der Waals surface area contributed by atoms with Crippen LogP contribution in [0.5, 0.6) is 0 Å². The minimum absolute atomic E-state index is 0.00842. The average Bonchev–Trinajstić information content (AvgIpc) is 2.48. The lowest BCUT2D eigenvalue weighted by atomic mass is 10.2. The topological polar surface area (TPSA) is 78.5 Å². The molecule has 0 spiro atoms. The van der Waals surface area contributed by atoms with Crippen molar-refractivity contribution in [1.82, 2.24) is 4.90 Å². The highest BCUT2D eigenvalue weighted by Crippen LogP contribution is 2.13. The van der Waals surface area contributed by atoms with E-state index in [1.807, 2.05) is 0 Å². The van der Waals surface area contributed by atoms with Gasteiger partial charge in [-0.05, 0) is 30.7 Å². The molecule has 1 aromatic carbocycles. The van der Waals surface area contributed by atoms with Crippen molar-refractivity contribution in [3.63, 3.8) is 0 Å². The number of carbonyl (C=O) groups is 3. The van der Waals surface area contributed by atoms with Gasteiger partial charge < -0.3 is 15.5 Å². The molecule has 0 aliphatic heterocycles. The van der Waals surface area contributed by atoms with Crippen molar-refractivity contribution in [2.45, 2.75) is 40.0 Å². The summed E-state index contributed by atoms with van der Waals surface area (Å²) in [6.07, 6.45) is 2.21. The first-order valence-corrected chi connectivity index (χ1v) is 7.85. The maximum Gasteiger partial charge on any atom is 0.226 e. The molecular formula is C17H25N3O3. The van der Waals surface area contributed by atoms with Gasteiger partial charge in [0.05, 0.1) is 0 Å². The van der Waals surface area contributed by atoms with Crippen LogP contribution < -0.4 is 10.6 Å². The van der Waals surface area contributed by atoms with E-state index in [0.717, 1.165) is 12.8 Å². The van der Waals surface area contributed by atoms with Crippen molar-refractivity contribution in [1.29, 1.82) is 0 Å². The monoisotopic (exact) mass is 319 g/mol. The standard InChI is InChI=1S/C17H25N3O3/c1-4-5-11-20(14(3)22)12-10-17(23)19-16-8-6-15(7-9-16)18-13(2)21/h6-9H,4-5,10-12H2,1-3H3,(H,18,21)(H,19,23). The molecule has 6 heteroatoms. The summed E-state index contributed by atoms with van der Waals surface area (Å²) in [4.78, 5) is 36.1. The van der Waals surface area contributed by atoms with Crippen LogP contribution in [0.25, 0.3) is 0 Å². The van der Waals surface area contributed by atoms with Gasteiger partial charge in [-0.25, -0.2) is 0 Å². The molecule has 6 nitrogen and oxygen atoms in total. The predicted molar refractivity (Wildman–Crippen MR) is 91.2 cm³/mol. The molecular weight excluding hydrogens is 294 g/mol. The van der Waals surface area contributed by atoms with E-state index in [9.17, 15) is 14.4 Å². The van der Waals surface area contributed by atoms with Crippen molar-refractivity contribution < 1.29 is 14.4 Å². The molecule has 0 aromatic heterocycles. The summed E-state index contributed by atoms with van der Waals surface area (Å²) < 4.78 is 0. The van der Waals surface area contributed by atoms with Crippen LogP contribution in [-0.2, 0) is 14.4 Å². The van der Waals surface area contributed by atoms with Crippen molar-refractivity contribution >= 4 is 29.1 Å². The highest BCUT2D eigenvalue weighted by molar-refractivity contribution is 5.92. The van der Waals surface area contributed by atoms with E-state index in [0.29, 0.717) is 24.5 Å². The zero-order valence-electron chi connectivity index (χ0n) is 14.0. The smallest absolute Gasteiger partial charge is 0.226 e. The molecule has 0 atom stereocenters. The Morgan fingerprint density at radius 2 is 1.52 bits per heavy atom. The van der Waals surface area contributed by atoms with E-state index in [2.05, 4.69) is 17.6 Å². The quantitative estimate of drug-likeness (QED) is 0.773. The molecule has 2 N–H and O–H groups in total. The lowest BCUT2D eigenvalue weighted by molar-refractivity contribution is -0.129. The normalized spacial score (nSPS) is 10.0. The first-order chi connectivity index (χ1) is 10.9. The van der Waals surface area contributed by atoms with Crippen LogP contribution in [0.2, 0.25) is 0 Å². The number of nitrogens with one attached hydrogen (secondary N) is 2. The van der Waals surface area contributed by atoms with Crippen LogP contribution in [0.1, 0.15) is 40.0 Å². The summed E-state index contributed by atoms with van der Waals surface area (Å²) in [6.45, 7) is 6.13. The molecule has 0 saturated heterocycles. The number of amides is 3. The van der Waals surface area contributed by atoms with E-state index in [1.165, 1.54) is 13.8 Å². The molecule has 0 unspecified atom stereocenters. The van der Waals surface area contributed by atoms with E-state index < -0.39 is 0 Å². The van der Waals surface area contributed by atoms with Crippen LogP contribution in [0.4, 0.5) is 11.4 Å². The van der Waals surface area contributed by atoms with Crippen LogP contribution in [-0.4, -0.2) is 35.7 Å². The molecule has 23 heavy (non-hydrogen) atoms. The molecule has 0 bridgehead atoms. The highest BCUT2D eigenvalue weighted by atomic mass is 16.2. The molecule has 126 valence electrons. The summed E-state index contributed by atoms with van der Waals surface area (Å²) in [6, 6.07) is 6.90. The average molecular weight is 319 g/mol. The van der Waals surface area contributed by atoms with Gasteiger partial charge in [-0.2, -0.15) is 0 Å². The van der Waals surface area contributed by atoms with Gasteiger partial charge in [0.15, 0.2) is 0 Å². The summed E-state index contributed by atoms with van der Waals surface area (Å²) in [5, 5.41) is 5.44. The minimum Gasteiger partial charge on any atom is -0.342 e. The molecule has 0 radical (unpaired) electrons. The number of benzene rings is 1. The van der Waals surface area contributed by atoms with E-state index in [4.69, 9.17) is 0 Å². The third kappa shape index (κ3) is 7.44. The molecule has 1 rings (SSSR count). The highest BCUT2D eigenvalue weighted by Gasteiger charge is 2.10. The first-order valence-electron chi connectivity index (χ1n) is 7.85. The Labute approximate surface area is 137 Å². The van der Waals surface area contributed by atoms with Gasteiger partial charge in [0.2, 0.25) is 17.7 Å². The van der Waals surface area contributed by atoms with Crippen molar-refractivity contribution in [3.8, 4) is 0 Å². The SMILES string of the molecule is CCCCN(CCC(=O)Nc1ccc(NC(C)=O)cc1)C(C)=O. The van der Waals surface area contributed by atoms with E-state index in [-0.39, 0.29) is 24.1 Å². The second-order valence-corrected chi connectivity index (χ2v) is 5.42. The molecule has 1 aromatic rings. The summed E-state index contributed by atoms with van der Waals surface area (Å²) in [5.41, 5.74) is 1.34. The summed E-state index contributed by atoms with van der Waals surface area (Å²) in [7, 11) is 0. The van der Waals surface area contributed by atoms with Crippen molar-refractivity contribution in [2.24, 2.45) is 0 Å². The largest absolute Gasteiger partial charge is 0.342 e. The maximum atomic E-state index is 12.0. The Morgan fingerprint density at radius 1 is 0.957 bits per heavy atom. The number of carbonyl (C=O) groups excluding carboxylic acids is 3. The van der Waals surface area contributed by atoms with Crippen LogP contribution in [0.15, 0.2) is 24.3 Å². The summed E-state index contributed by atoms with van der Waals surface area (Å²) >= 11 is 0. The van der Waals surface area contributed by atoms with Crippen molar-refractivity contribution in [2.75, 3.05) is 23.7 Å². The number of hydrogen-bond acceptors (Lipinski definition) is 3. The van der Waals surface area contributed by atoms with E-state index in [1.54, 1.807) is 29.2 Å². The fraction of sp³-hybridized carbons (Fsp3) is 0.471. The number of rotatable bonds is 8. The first kappa shape index (κ1) is 18.7. The van der Waals surface area contributed by atoms with Gasteiger partial charge in [-0.15, -0.1) is 0 Å². The van der Waals surface area contributed by atoms with Gasteiger partial charge in [-0.3, -0.25) is 14.4 Å². The molecule has 0 aliphatic carbocycles. The Bertz CT molecular complexity index is 541. The molecule has 3 amide bonds.